The first-order valence-corrected chi connectivity index (χ1v) is 7.24. The summed E-state index contributed by atoms with van der Waals surface area (Å²) in [6.07, 6.45) is -5.10. The molecule has 2 rings (SSSR count). The van der Waals surface area contributed by atoms with Crippen molar-refractivity contribution in [3.8, 4) is 0 Å². The van der Waals surface area contributed by atoms with Crippen LogP contribution in [0.5, 0.6) is 0 Å². The Balaban J connectivity index is 2.24. The van der Waals surface area contributed by atoms with Crippen LogP contribution in [-0.2, 0) is 17.5 Å². The maximum Gasteiger partial charge on any atom is 0.416 e. The van der Waals surface area contributed by atoms with E-state index in [4.69, 9.17) is 4.74 Å². The summed E-state index contributed by atoms with van der Waals surface area (Å²) in [6.45, 7) is 7.49. The molecule has 0 radical (unpaired) electrons. The van der Waals surface area contributed by atoms with Gasteiger partial charge >= 0.3 is 12.3 Å². The molecule has 1 aliphatic heterocycles. The van der Waals surface area contributed by atoms with Crippen LogP contribution in [0.3, 0.4) is 0 Å². The number of nitrogens with zero attached hydrogens (tertiary/aromatic N) is 1. The molecule has 1 saturated heterocycles. The van der Waals surface area contributed by atoms with Crippen LogP contribution < -0.4 is 0 Å². The molecular formula is C16H20F3NO2. The van der Waals surface area contributed by atoms with Crippen molar-refractivity contribution in [3.05, 3.63) is 34.9 Å². The molecule has 1 aromatic rings. The quantitative estimate of drug-likeness (QED) is 0.828. The molecule has 0 saturated carbocycles. The Morgan fingerprint density at radius 1 is 1.27 bits per heavy atom. The Labute approximate surface area is 128 Å². The zero-order chi connectivity index (χ0) is 16.7. The monoisotopic (exact) mass is 315 g/mol. The Morgan fingerprint density at radius 2 is 1.91 bits per heavy atom. The number of rotatable bonds is 3. The first kappa shape index (κ1) is 16.6. The second kappa shape index (κ2) is 5.82. The van der Waals surface area contributed by atoms with Gasteiger partial charge in [0, 0.05) is 6.54 Å². The van der Waals surface area contributed by atoms with Crippen LogP contribution in [0.25, 0.3) is 0 Å². The van der Waals surface area contributed by atoms with Crippen molar-refractivity contribution in [1.29, 1.82) is 0 Å². The summed E-state index contributed by atoms with van der Waals surface area (Å²) in [7, 11) is 0. The number of amides is 1. The number of carbonyl (C=O) groups excluding carboxylic acids is 1. The van der Waals surface area contributed by atoms with E-state index in [1.54, 1.807) is 13.0 Å². The summed E-state index contributed by atoms with van der Waals surface area (Å²) in [4.78, 5) is 13.4. The van der Waals surface area contributed by atoms with Gasteiger partial charge in [0.15, 0.2) is 0 Å². The molecule has 2 atom stereocenters. The highest BCUT2D eigenvalue weighted by Crippen LogP contribution is 2.32. The second-order valence-electron chi connectivity index (χ2n) is 6.17. The number of aryl methyl sites for hydroxylation is 1. The molecular weight excluding hydrogens is 295 g/mol. The largest absolute Gasteiger partial charge is 0.444 e. The molecule has 122 valence electrons. The van der Waals surface area contributed by atoms with Crippen molar-refractivity contribution in [3.63, 3.8) is 0 Å². The van der Waals surface area contributed by atoms with E-state index in [1.165, 1.54) is 4.90 Å². The molecule has 1 aliphatic rings. The smallest absolute Gasteiger partial charge is 0.416 e. The van der Waals surface area contributed by atoms with Crippen molar-refractivity contribution in [2.45, 2.75) is 52.6 Å². The van der Waals surface area contributed by atoms with E-state index in [0.717, 1.165) is 12.1 Å². The predicted molar refractivity (Wildman–Crippen MR) is 76.3 cm³/mol. The van der Waals surface area contributed by atoms with Gasteiger partial charge in [0.05, 0.1) is 11.6 Å². The van der Waals surface area contributed by atoms with Crippen LogP contribution in [0.1, 0.15) is 37.5 Å². The molecule has 0 aromatic heterocycles. The molecule has 0 spiro atoms. The van der Waals surface area contributed by atoms with Gasteiger partial charge in [-0.3, -0.25) is 4.90 Å². The molecule has 1 amide bonds. The summed E-state index contributed by atoms with van der Waals surface area (Å²) in [5.74, 6) is 0.159. The van der Waals surface area contributed by atoms with Gasteiger partial charge in [-0.2, -0.15) is 13.2 Å². The molecule has 1 fully saturated rings. The van der Waals surface area contributed by atoms with Gasteiger partial charge in [-0.15, -0.1) is 0 Å². The molecule has 6 heteroatoms. The number of halogens is 3. The van der Waals surface area contributed by atoms with Crippen molar-refractivity contribution in [2.75, 3.05) is 0 Å². The summed E-state index contributed by atoms with van der Waals surface area (Å²) in [6, 6.07) is 3.70. The van der Waals surface area contributed by atoms with Gasteiger partial charge < -0.3 is 4.74 Å². The number of benzene rings is 1. The topological polar surface area (TPSA) is 29.5 Å². The van der Waals surface area contributed by atoms with E-state index < -0.39 is 17.8 Å². The van der Waals surface area contributed by atoms with Gasteiger partial charge in [-0.25, -0.2) is 4.79 Å². The fourth-order valence-corrected chi connectivity index (χ4v) is 2.84. The third-order valence-electron chi connectivity index (χ3n) is 3.91. The van der Waals surface area contributed by atoms with Crippen LogP contribution >= 0.6 is 0 Å². The van der Waals surface area contributed by atoms with Crippen molar-refractivity contribution in [2.24, 2.45) is 5.92 Å². The Kier molecular flexibility index (Phi) is 4.40. The summed E-state index contributed by atoms with van der Waals surface area (Å²) in [5, 5.41) is 0. The second-order valence-corrected chi connectivity index (χ2v) is 6.17. The molecule has 0 unspecified atom stereocenters. The highest BCUT2D eigenvalue weighted by Gasteiger charge is 2.40. The summed E-state index contributed by atoms with van der Waals surface area (Å²) >= 11 is 0. The number of cyclic esters (lactones) is 1. The van der Waals surface area contributed by atoms with Gasteiger partial charge in [0.2, 0.25) is 0 Å². The zero-order valence-electron chi connectivity index (χ0n) is 13.1. The fraction of sp³-hybridized carbons (Fsp3) is 0.562. The number of alkyl halides is 3. The molecule has 1 heterocycles. The van der Waals surface area contributed by atoms with E-state index in [-0.39, 0.29) is 24.6 Å². The van der Waals surface area contributed by atoms with E-state index in [0.29, 0.717) is 11.1 Å². The van der Waals surface area contributed by atoms with Crippen LogP contribution in [0.15, 0.2) is 18.2 Å². The lowest BCUT2D eigenvalue weighted by atomic mass is 10.00. The van der Waals surface area contributed by atoms with Gasteiger partial charge in [0.1, 0.15) is 6.10 Å². The maximum atomic E-state index is 12.9. The van der Waals surface area contributed by atoms with E-state index in [9.17, 15) is 18.0 Å². The highest BCUT2D eigenvalue weighted by molar-refractivity contribution is 5.70. The molecule has 0 N–H and O–H groups in total. The van der Waals surface area contributed by atoms with Crippen LogP contribution in [-0.4, -0.2) is 23.1 Å². The zero-order valence-corrected chi connectivity index (χ0v) is 13.1. The average molecular weight is 315 g/mol. The van der Waals surface area contributed by atoms with Crippen molar-refractivity contribution >= 4 is 6.09 Å². The lowest BCUT2D eigenvalue weighted by Crippen LogP contribution is -2.35. The average Bonchev–Trinajstić information content (AvgIpc) is 2.65. The normalized spacial score (nSPS) is 22.4. The van der Waals surface area contributed by atoms with Crippen LogP contribution in [0, 0.1) is 12.8 Å². The molecule has 0 bridgehead atoms. The SMILES string of the molecule is Cc1cc(CN2C(=O)O[C@@H](C(C)C)[C@@H]2C)cc(C(F)(F)F)c1. The third kappa shape index (κ3) is 3.36. The minimum atomic E-state index is -4.39. The van der Waals surface area contributed by atoms with E-state index in [1.807, 2.05) is 20.8 Å². The molecule has 3 nitrogen and oxygen atoms in total. The Hall–Kier alpha value is -1.72. The lowest BCUT2D eigenvalue weighted by molar-refractivity contribution is -0.137. The first-order chi connectivity index (χ1) is 10.1. The molecule has 22 heavy (non-hydrogen) atoms. The van der Waals surface area contributed by atoms with Gasteiger partial charge in [-0.05, 0) is 37.5 Å². The van der Waals surface area contributed by atoms with Crippen LogP contribution in [0.4, 0.5) is 18.0 Å². The molecule has 0 aliphatic carbocycles. The Morgan fingerprint density at radius 3 is 2.41 bits per heavy atom. The summed E-state index contributed by atoms with van der Waals surface area (Å²) in [5.41, 5.74) is 0.286. The highest BCUT2D eigenvalue weighted by atomic mass is 19.4. The predicted octanol–water partition coefficient (Wildman–Crippen LogP) is 4.38. The summed E-state index contributed by atoms with van der Waals surface area (Å²) < 4.78 is 43.9. The first-order valence-electron chi connectivity index (χ1n) is 7.24. The van der Waals surface area contributed by atoms with Gasteiger partial charge in [-0.1, -0.05) is 25.5 Å². The minimum Gasteiger partial charge on any atom is -0.444 e. The standard InChI is InChI=1S/C16H20F3NO2/c1-9(2)14-11(4)20(15(21)22-14)8-12-5-10(3)6-13(7-12)16(17,18)19/h5-7,9,11,14H,8H2,1-4H3/t11-,14-/m0/s1. The van der Waals surface area contributed by atoms with Crippen molar-refractivity contribution in [1.82, 2.24) is 4.90 Å². The Bertz CT molecular complexity index is 569. The number of hydrogen-bond acceptors (Lipinski definition) is 2. The number of carbonyl (C=O) groups is 1. The number of ether oxygens (including phenoxy) is 1. The van der Waals surface area contributed by atoms with Crippen LogP contribution in [0.2, 0.25) is 0 Å². The lowest BCUT2D eigenvalue weighted by Gasteiger charge is -2.23. The van der Waals surface area contributed by atoms with Gasteiger partial charge in [0.25, 0.3) is 0 Å². The maximum absolute atomic E-state index is 12.9. The van der Waals surface area contributed by atoms with E-state index in [2.05, 4.69) is 0 Å². The fourth-order valence-electron chi connectivity index (χ4n) is 2.84. The molecule has 1 aromatic carbocycles. The van der Waals surface area contributed by atoms with Crippen molar-refractivity contribution < 1.29 is 22.7 Å². The minimum absolute atomic E-state index is 0.119. The number of hydrogen-bond donors (Lipinski definition) is 0. The third-order valence-corrected chi connectivity index (χ3v) is 3.91. The van der Waals surface area contributed by atoms with E-state index >= 15 is 0 Å².